The average Bonchev–Trinajstić information content (AvgIpc) is 3.18. The van der Waals surface area contributed by atoms with Crippen LogP contribution in [0.3, 0.4) is 0 Å². The van der Waals surface area contributed by atoms with Crippen LogP contribution in [0, 0.1) is 20.8 Å². The number of aryl methyl sites for hydroxylation is 3. The van der Waals surface area contributed by atoms with Gasteiger partial charge in [0.15, 0.2) is 0 Å². The van der Waals surface area contributed by atoms with Crippen molar-refractivity contribution < 1.29 is 13.2 Å². The van der Waals surface area contributed by atoms with E-state index in [1.807, 2.05) is 52.0 Å². The van der Waals surface area contributed by atoms with E-state index in [4.69, 9.17) is 0 Å². The van der Waals surface area contributed by atoms with Crippen LogP contribution in [-0.4, -0.2) is 24.5 Å². The Labute approximate surface area is 180 Å². The van der Waals surface area contributed by atoms with E-state index in [9.17, 15) is 13.2 Å². The number of amides is 1. The first kappa shape index (κ1) is 22.1. The number of aromatic nitrogens is 2. The fraction of sp³-hybridized carbons (Fsp3) is 0.286. The maximum atomic E-state index is 12.8. The zero-order valence-electron chi connectivity index (χ0n) is 17.3. The Morgan fingerprint density at radius 3 is 2.50 bits per heavy atom. The molecular weight excluding hydrogens is 420 g/mol. The van der Waals surface area contributed by atoms with Crippen molar-refractivity contribution in [2.75, 3.05) is 5.32 Å². The molecule has 2 N–H and O–H groups in total. The molecule has 0 aliphatic heterocycles. The first-order chi connectivity index (χ1) is 14.2. The van der Waals surface area contributed by atoms with E-state index in [1.165, 1.54) is 0 Å². The standard InChI is InChI=1S/C21H24N4O3S2/c1-5-18(16-10-9-14(3)15(4)12-16)25-30(27,28)21-24-23-20(29-21)22-19(26)17-8-6-7-13(2)11-17/h6-12,18,25H,5H2,1-4H3,(H,22,23,26). The number of rotatable bonds is 7. The number of sulfonamides is 1. The minimum absolute atomic E-state index is 0.126. The van der Waals surface area contributed by atoms with Crippen LogP contribution >= 0.6 is 11.3 Å². The SMILES string of the molecule is CCC(NS(=O)(=O)c1nnc(NC(=O)c2cccc(C)c2)s1)c1ccc(C)c(C)c1. The van der Waals surface area contributed by atoms with Gasteiger partial charge in [-0.15, -0.1) is 10.2 Å². The van der Waals surface area contributed by atoms with Gasteiger partial charge in [-0.2, -0.15) is 0 Å². The van der Waals surface area contributed by atoms with Crippen molar-refractivity contribution in [1.29, 1.82) is 0 Å². The molecule has 1 aromatic heterocycles. The quantitative estimate of drug-likeness (QED) is 0.533. The van der Waals surface area contributed by atoms with Crippen LogP contribution in [-0.2, 0) is 10.0 Å². The topological polar surface area (TPSA) is 101 Å². The predicted molar refractivity (Wildman–Crippen MR) is 118 cm³/mol. The van der Waals surface area contributed by atoms with Gasteiger partial charge in [0, 0.05) is 11.6 Å². The Balaban J connectivity index is 1.75. The monoisotopic (exact) mass is 444 g/mol. The molecule has 1 unspecified atom stereocenters. The van der Waals surface area contributed by atoms with Gasteiger partial charge in [-0.25, -0.2) is 13.1 Å². The summed E-state index contributed by atoms with van der Waals surface area (Å²) in [7, 11) is -3.89. The highest BCUT2D eigenvalue weighted by Gasteiger charge is 2.25. The van der Waals surface area contributed by atoms with Crippen LogP contribution < -0.4 is 10.0 Å². The molecule has 1 amide bonds. The number of hydrogen-bond donors (Lipinski definition) is 2. The highest BCUT2D eigenvalue weighted by atomic mass is 32.2. The number of carbonyl (C=O) groups is 1. The van der Waals surface area contributed by atoms with Gasteiger partial charge in [-0.1, -0.05) is 54.2 Å². The Hall–Kier alpha value is -2.62. The Kier molecular flexibility index (Phi) is 6.64. The molecule has 158 valence electrons. The lowest BCUT2D eigenvalue weighted by molar-refractivity contribution is 0.102. The average molecular weight is 445 g/mol. The van der Waals surface area contributed by atoms with E-state index in [1.54, 1.807) is 18.2 Å². The predicted octanol–water partition coefficient (Wildman–Crippen LogP) is 4.15. The fourth-order valence-corrected chi connectivity index (χ4v) is 5.15. The molecule has 7 nitrogen and oxygen atoms in total. The van der Waals surface area contributed by atoms with Crippen LogP contribution in [0.25, 0.3) is 0 Å². The Bertz CT molecular complexity index is 1170. The zero-order valence-corrected chi connectivity index (χ0v) is 18.9. The minimum Gasteiger partial charge on any atom is -0.296 e. The molecule has 1 atom stereocenters. The van der Waals surface area contributed by atoms with Crippen molar-refractivity contribution in [3.05, 3.63) is 70.3 Å². The van der Waals surface area contributed by atoms with E-state index < -0.39 is 10.0 Å². The fourth-order valence-electron chi connectivity index (χ4n) is 2.93. The second-order valence-electron chi connectivity index (χ2n) is 7.12. The normalized spacial score (nSPS) is 12.5. The van der Waals surface area contributed by atoms with Gasteiger partial charge in [0.05, 0.1) is 0 Å². The van der Waals surface area contributed by atoms with Crippen molar-refractivity contribution in [3.63, 3.8) is 0 Å². The van der Waals surface area contributed by atoms with Crippen LogP contribution in [0.5, 0.6) is 0 Å². The van der Waals surface area contributed by atoms with Crippen LogP contribution in [0.15, 0.2) is 46.8 Å². The molecule has 0 saturated carbocycles. The molecule has 0 bridgehead atoms. The van der Waals surface area contributed by atoms with Crippen LogP contribution in [0.2, 0.25) is 0 Å². The summed E-state index contributed by atoms with van der Waals surface area (Å²) < 4.78 is 28.2. The van der Waals surface area contributed by atoms with E-state index in [-0.39, 0.29) is 21.4 Å². The summed E-state index contributed by atoms with van der Waals surface area (Å²) in [6.45, 7) is 7.81. The molecule has 9 heteroatoms. The smallest absolute Gasteiger partial charge is 0.270 e. The molecule has 2 aromatic carbocycles. The lowest BCUT2D eigenvalue weighted by Crippen LogP contribution is -2.28. The maximum Gasteiger partial charge on any atom is 0.270 e. The second kappa shape index (κ2) is 9.03. The third-order valence-electron chi connectivity index (χ3n) is 4.78. The van der Waals surface area contributed by atoms with Gasteiger partial charge in [0.25, 0.3) is 15.9 Å². The molecule has 0 spiro atoms. The van der Waals surface area contributed by atoms with Crippen molar-refractivity contribution in [2.24, 2.45) is 0 Å². The first-order valence-electron chi connectivity index (χ1n) is 9.50. The number of nitrogens with one attached hydrogen (secondary N) is 2. The van der Waals surface area contributed by atoms with E-state index in [0.29, 0.717) is 12.0 Å². The Morgan fingerprint density at radius 2 is 1.83 bits per heavy atom. The van der Waals surface area contributed by atoms with Gasteiger partial charge < -0.3 is 0 Å². The van der Waals surface area contributed by atoms with Crippen LogP contribution in [0.4, 0.5) is 5.13 Å². The molecule has 0 radical (unpaired) electrons. The summed E-state index contributed by atoms with van der Waals surface area (Å²) in [4.78, 5) is 12.4. The molecular formula is C21H24N4O3S2. The third kappa shape index (κ3) is 5.10. The van der Waals surface area contributed by atoms with Crippen molar-refractivity contribution in [3.8, 4) is 0 Å². The number of hydrogen-bond acceptors (Lipinski definition) is 6. The largest absolute Gasteiger partial charge is 0.296 e. The molecule has 3 aromatic rings. The molecule has 0 fully saturated rings. The summed E-state index contributed by atoms with van der Waals surface area (Å²) in [5.74, 6) is -0.367. The molecule has 0 aliphatic rings. The van der Waals surface area contributed by atoms with Crippen molar-refractivity contribution in [1.82, 2.24) is 14.9 Å². The summed E-state index contributed by atoms with van der Waals surface area (Å²) in [6.07, 6.45) is 0.581. The van der Waals surface area contributed by atoms with Gasteiger partial charge in [0.1, 0.15) is 0 Å². The molecule has 1 heterocycles. The summed E-state index contributed by atoms with van der Waals surface area (Å²) in [5, 5.41) is 10.3. The first-order valence-corrected chi connectivity index (χ1v) is 11.8. The van der Waals surface area contributed by atoms with Gasteiger partial charge >= 0.3 is 0 Å². The second-order valence-corrected chi connectivity index (χ2v) is 9.99. The maximum absolute atomic E-state index is 12.8. The van der Waals surface area contributed by atoms with E-state index in [2.05, 4.69) is 20.2 Å². The molecule has 3 rings (SSSR count). The van der Waals surface area contributed by atoms with Crippen molar-refractivity contribution >= 4 is 32.4 Å². The molecule has 0 aliphatic carbocycles. The number of anilines is 1. The number of carbonyl (C=O) groups excluding carboxylic acids is 1. The summed E-state index contributed by atoms with van der Waals surface area (Å²) in [6, 6.07) is 12.6. The van der Waals surface area contributed by atoms with E-state index >= 15 is 0 Å². The highest BCUT2D eigenvalue weighted by molar-refractivity contribution is 7.91. The Morgan fingerprint density at radius 1 is 1.07 bits per heavy atom. The number of nitrogens with zero attached hydrogens (tertiary/aromatic N) is 2. The lowest BCUT2D eigenvalue weighted by Gasteiger charge is -2.17. The van der Waals surface area contributed by atoms with E-state index in [0.717, 1.165) is 33.6 Å². The molecule has 30 heavy (non-hydrogen) atoms. The highest BCUT2D eigenvalue weighted by Crippen LogP contribution is 2.25. The van der Waals surface area contributed by atoms with Crippen molar-refractivity contribution in [2.45, 2.75) is 44.5 Å². The minimum atomic E-state index is -3.89. The summed E-state index contributed by atoms with van der Waals surface area (Å²) >= 11 is 0.816. The van der Waals surface area contributed by atoms with Crippen LogP contribution in [0.1, 0.15) is 52.0 Å². The van der Waals surface area contributed by atoms with Gasteiger partial charge in [0.2, 0.25) is 9.47 Å². The summed E-state index contributed by atoms with van der Waals surface area (Å²) in [5.41, 5.74) is 4.55. The van der Waals surface area contributed by atoms with Gasteiger partial charge in [-0.3, -0.25) is 10.1 Å². The zero-order chi connectivity index (χ0) is 21.9. The molecule has 0 saturated heterocycles. The lowest BCUT2D eigenvalue weighted by atomic mass is 10.0. The third-order valence-corrected chi connectivity index (χ3v) is 7.45. The van der Waals surface area contributed by atoms with Gasteiger partial charge in [-0.05, 0) is 56.0 Å². The number of benzene rings is 2.